The van der Waals surface area contributed by atoms with E-state index in [2.05, 4.69) is 15.6 Å². The summed E-state index contributed by atoms with van der Waals surface area (Å²) in [6.07, 6.45) is 1.49. The van der Waals surface area contributed by atoms with Gasteiger partial charge in [0.25, 0.3) is 5.91 Å². The van der Waals surface area contributed by atoms with Crippen molar-refractivity contribution >= 4 is 28.9 Å². The summed E-state index contributed by atoms with van der Waals surface area (Å²) in [5.74, 6) is -1.31. The summed E-state index contributed by atoms with van der Waals surface area (Å²) in [6.45, 7) is 0. The van der Waals surface area contributed by atoms with Crippen LogP contribution < -0.4 is 10.6 Å². The number of nitrogens with zero attached hydrogens (tertiary/aromatic N) is 1. The summed E-state index contributed by atoms with van der Waals surface area (Å²) in [5, 5.41) is 5.68. The fraction of sp³-hybridized carbons (Fsp3) is 0.0500. The third-order valence-electron chi connectivity index (χ3n) is 3.65. The highest BCUT2D eigenvalue weighted by molar-refractivity contribution is 6.03. The molecule has 0 radical (unpaired) electrons. The predicted octanol–water partition coefficient (Wildman–Crippen LogP) is 4.00. The lowest BCUT2D eigenvalue weighted by molar-refractivity contribution is 0.0600. The van der Waals surface area contributed by atoms with E-state index in [1.807, 2.05) is 0 Å². The standard InChI is InChI=1S/C20H16FN3O3/c1-27-20(26)13-4-2-6-15(10-13)23-17-8-9-18(22-12-17)19(25)24-16-7-3-5-14(21)11-16/h2-12,23H,1H3,(H,24,25). The topological polar surface area (TPSA) is 80.3 Å². The summed E-state index contributed by atoms with van der Waals surface area (Å²) in [4.78, 5) is 27.9. The van der Waals surface area contributed by atoms with Gasteiger partial charge in [0.1, 0.15) is 11.5 Å². The van der Waals surface area contributed by atoms with Gasteiger partial charge in [0.15, 0.2) is 0 Å². The van der Waals surface area contributed by atoms with E-state index in [1.165, 1.54) is 31.5 Å². The normalized spacial score (nSPS) is 10.1. The van der Waals surface area contributed by atoms with Crippen molar-refractivity contribution < 1.29 is 18.7 Å². The molecule has 0 unspecified atom stereocenters. The first-order valence-electron chi connectivity index (χ1n) is 8.03. The lowest BCUT2D eigenvalue weighted by Gasteiger charge is -2.09. The van der Waals surface area contributed by atoms with Crippen LogP contribution in [0.1, 0.15) is 20.8 Å². The lowest BCUT2D eigenvalue weighted by atomic mass is 10.2. The minimum atomic E-state index is -0.445. The van der Waals surface area contributed by atoms with Gasteiger partial charge in [-0.2, -0.15) is 0 Å². The first kappa shape index (κ1) is 18.1. The third-order valence-corrected chi connectivity index (χ3v) is 3.65. The number of carbonyl (C=O) groups is 2. The fourth-order valence-electron chi connectivity index (χ4n) is 2.37. The second-order valence-electron chi connectivity index (χ2n) is 5.59. The van der Waals surface area contributed by atoms with Gasteiger partial charge in [-0.25, -0.2) is 14.2 Å². The maximum atomic E-state index is 13.2. The summed E-state index contributed by atoms with van der Waals surface area (Å²) in [5.41, 5.74) is 2.27. The molecule has 0 spiro atoms. The highest BCUT2D eigenvalue weighted by atomic mass is 19.1. The van der Waals surface area contributed by atoms with E-state index < -0.39 is 17.7 Å². The van der Waals surface area contributed by atoms with Gasteiger partial charge < -0.3 is 15.4 Å². The van der Waals surface area contributed by atoms with Crippen LogP contribution in [0.5, 0.6) is 0 Å². The van der Waals surface area contributed by atoms with Crippen LogP contribution in [-0.4, -0.2) is 24.0 Å². The number of carbonyl (C=O) groups excluding carboxylic acids is 2. The quantitative estimate of drug-likeness (QED) is 0.668. The van der Waals surface area contributed by atoms with Crippen LogP contribution in [0.4, 0.5) is 21.5 Å². The number of anilines is 3. The second-order valence-corrected chi connectivity index (χ2v) is 5.59. The molecule has 0 aliphatic heterocycles. The number of halogens is 1. The summed E-state index contributed by atoms with van der Waals surface area (Å²) < 4.78 is 17.9. The maximum absolute atomic E-state index is 13.2. The molecule has 6 nitrogen and oxygen atoms in total. The van der Waals surface area contributed by atoms with Gasteiger partial charge in [-0.3, -0.25) is 4.79 Å². The number of pyridine rings is 1. The highest BCUT2D eigenvalue weighted by Gasteiger charge is 2.09. The van der Waals surface area contributed by atoms with Gasteiger partial charge in [-0.05, 0) is 48.5 Å². The van der Waals surface area contributed by atoms with Gasteiger partial charge >= 0.3 is 5.97 Å². The van der Waals surface area contributed by atoms with E-state index in [0.717, 1.165) is 0 Å². The van der Waals surface area contributed by atoms with E-state index in [4.69, 9.17) is 4.74 Å². The number of benzene rings is 2. The van der Waals surface area contributed by atoms with E-state index in [9.17, 15) is 14.0 Å². The number of hydrogen-bond donors (Lipinski definition) is 2. The number of ether oxygens (including phenoxy) is 1. The van der Waals surface area contributed by atoms with Crippen molar-refractivity contribution in [3.05, 3.63) is 83.9 Å². The molecule has 0 aliphatic rings. The smallest absolute Gasteiger partial charge is 0.337 e. The van der Waals surface area contributed by atoms with Crippen molar-refractivity contribution in [3.8, 4) is 0 Å². The Labute approximate surface area is 155 Å². The molecular weight excluding hydrogens is 349 g/mol. The molecule has 7 heteroatoms. The Balaban J connectivity index is 1.68. The van der Waals surface area contributed by atoms with E-state index >= 15 is 0 Å². The van der Waals surface area contributed by atoms with E-state index in [-0.39, 0.29) is 5.69 Å². The van der Waals surface area contributed by atoms with E-state index in [1.54, 1.807) is 42.5 Å². The molecule has 27 heavy (non-hydrogen) atoms. The molecule has 0 saturated carbocycles. The SMILES string of the molecule is COC(=O)c1cccc(Nc2ccc(C(=O)Nc3cccc(F)c3)nc2)c1. The minimum absolute atomic E-state index is 0.188. The van der Waals surface area contributed by atoms with Crippen LogP contribution in [0.25, 0.3) is 0 Å². The molecule has 0 aliphatic carbocycles. The van der Waals surface area contributed by atoms with Crippen molar-refractivity contribution in [2.75, 3.05) is 17.7 Å². The van der Waals surface area contributed by atoms with Crippen LogP contribution in [0.2, 0.25) is 0 Å². The molecular formula is C20H16FN3O3. The number of methoxy groups -OCH3 is 1. The number of hydrogen-bond acceptors (Lipinski definition) is 5. The molecule has 1 amide bonds. The number of esters is 1. The zero-order valence-electron chi connectivity index (χ0n) is 14.4. The Morgan fingerprint density at radius 2 is 1.74 bits per heavy atom. The van der Waals surface area contributed by atoms with Crippen LogP contribution in [-0.2, 0) is 4.74 Å². The lowest BCUT2D eigenvalue weighted by Crippen LogP contribution is -2.13. The highest BCUT2D eigenvalue weighted by Crippen LogP contribution is 2.18. The molecule has 3 rings (SSSR count). The Kier molecular flexibility index (Phi) is 5.41. The zero-order chi connectivity index (χ0) is 19.2. The number of aromatic nitrogens is 1. The van der Waals surface area contributed by atoms with Gasteiger partial charge in [0.2, 0.25) is 0 Å². The van der Waals surface area contributed by atoms with Crippen molar-refractivity contribution in [1.29, 1.82) is 0 Å². The first-order valence-corrected chi connectivity index (χ1v) is 8.03. The minimum Gasteiger partial charge on any atom is -0.465 e. The van der Waals surface area contributed by atoms with Crippen LogP contribution in [0.15, 0.2) is 66.9 Å². The molecule has 0 fully saturated rings. The van der Waals surface area contributed by atoms with Crippen molar-refractivity contribution in [1.82, 2.24) is 4.98 Å². The Morgan fingerprint density at radius 1 is 0.963 bits per heavy atom. The van der Waals surface area contributed by atoms with Crippen LogP contribution in [0.3, 0.4) is 0 Å². The van der Waals surface area contributed by atoms with E-state index in [0.29, 0.717) is 22.6 Å². The second kappa shape index (κ2) is 8.09. The van der Waals surface area contributed by atoms with Crippen molar-refractivity contribution in [2.24, 2.45) is 0 Å². The number of rotatable bonds is 5. The van der Waals surface area contributed by atoms with Gasteiger partial charge in [0.05, 0.1) is 24.6 Å². The number of amides is 1. The summed E-state index contributed by atoms with van der Waals surface area (Å²) in [6, 6.07) is 15.6. The molecule has 1 heterocycles. The Morgan fingerprint density at radius 3 is 2.44 bits per heavy atom. The van der Waals surface area contributed by atoms with Gasteiger partial charge in [-0.15, -0.1) is 0 Å². The molecule has 2 N–H and O–H groups in total. The van der Waals surface area contributed by atoms with Crippen LogP contribution in [0, 0.1) is 5.82 Å². The summed E-state index contributed by atoms with van der Waals surface area (Å²) >= 11 is 0. The Hall–Kier alpha value is -3.74. The summed E-state index contributed by atoms with van der Waals surface area (Å²) in [7, 11) is 1.32. The zero-order valence-corrected chi connectivity index (χ0v) is 14.4. The molecule has 1 aromatic heterocycles. The monoisotopic (exact) mass is 365 g/mol. The first-order chi connectivity index (χ1) is 13.0. The Bertz CT molecular complexity index is 974. The molecule has 2 aromatic carbocycles. The molecule has 3 aromatic rings. The van der Waals surface area contributed by atoms with Gasteiger partial charge in [-0.1, -0.05) is 12.1 Å². The third kappa shape index (κ3) is 4.66. The molecule has 136 valence electrons. The molecule has 0 saturated heterocycles. The average Bonchev–Trinajstić information content (AvgIpc) is 2.68. The number of nitrogens with one attached hydrogen (secondary N) is 2. The van der Waals surface area contributed by atoms with Crippen LogP contribution >= 0.6 is 0 Å². The predicted molar refractivity (Wildman–Crippen MR) is 99.7 cm³/mol. The van der Waals surface area contributed by atoms with Gasteiger partial charge in [0, 0.05) is 11.4 Å². The molecule has 0 bridgehead atoms. The largest absolute Gasteiger partial charge is 0.465 e. The van der Waals surface area contributed by atoms with Crippen molar-refractivity contribution in [3.63, 3.8) is 0 Å². The maximum Gasteiger partial charge on any atom is 0.337 e. The van der Waals surface area contributed by atoms with Crippen molar-refractivity contribution in [2.45, 2.75) is 0 Å². The average molecular weight is 365 g/mol. The fourth-order valence-corrected chi connectivity index (χ4v) is 2.37. The molecule has 0 atom stereocenters.